The lowest BCUT2D eigenvalue weighted by atomic mass is 10.3. The van der Waals surface area contributed by atoms with Crippen molar-refractivity contribution in [1.29, 1.82) is 0 Å². The van der Waals surface area contributed by atoms with E-state index < -0.39 is 42.7 Å². The first kappa shape index (κ1) is 13.4. The van der Waals surface area contributed by atoms with Gasteiger partial charge in [0.15, 0.2) is 0 Å². The largest absolute Gasteiger partial charge is 0.320 e. The number of carbonyl (C=O) groups is 1. The van der Waals surface area contributed by atoms with Gasteiger partial charge in [0, 0.05) is 0 Å². The van der Waals surface area contributed by atoms with E-state index in [9.17, 15) is 22.4 Å². The molecule has 94 valence electrons. The summed E-state index contributed by atoms with van der Waals surface area (Å²) in [6.45, 7) is -1.11. The zero-order chi connectivity index (χ0) is 12.8. The number of para-hydroxylation sites is 1. The van der Waals surface area contributed by atoms with Gasteiger partial charge in [0.05, 0.1) is 13.1 Å². The molecule has 0 aliphatic heterocycles. The normalized spacial score (nSPS) is 10.6. The summed E-state index contributed by atoms with van der Waals surface area (Å²) in [7, 11) is 0. The van der Waals surface area contributed by atoms with Crippen molar-refractivity contribution in [3.63, 3.8) is 0 Å². The molecule has 0 aliphatic rings. The standard InChI is InChI=1S/C10H10F4N2O/c11-6-2-1-3-7(12)10(6)16-9(17)5-15-4-8(13)14/h1-3,8,15H,4-5H2,(H,16,17). The maximum absolute atomic E-state index is 13.1. The molecule has 0 radical (unpaired) electrons. The van der Waals surface area contributed by atoms with Crippen LogP contribution >= 0.6 is 0 Å². The van der Waals surface area contributed by atoms with Gasteiger partial charge in [-0.3, -0.25) is 4.79 Å². The quantitative estimate of drug-likeness (QED) is 0.782. The summed E-state index contributed by atoms with van der Waals surface area (Å²) in [5, 5.41) is 4.09. The number of halogens is 4. The lowest BCUT2D eigenvalue weighted by Crippen LogP contribution is -2.31. The molecule has 7 heteroatoms. The first-order chi connectivity index (χ1) is 8.00. The van der Waals surface area contributed by atoms with Crippen LogP contribution in [0.3, 0.4) is 0 Å². The summed E-state index contributed by atoms with van der Waals surface area (Å²) in [6.07, 6.45) is -2.59. The van der Waals surface area contributed by atoms with Crippen molar-refractivity contribution in [1.82, 2.24) is 5.32 Å². The summed E-state index contributed by atoms with van der Waals surface area (Å²) < 4.78 is 49.6. The summed E-state index contributed by atoms with van der Waals surface area (Å²) in [5.41, 5.74) is -0.587. The average molecular weight is 250 g/mol. The molecule has 0 spiro atoms. The molecule has 0 aromatic heterocycles. The van der Waals surface area contributed by atoms with E-state index in [2.05, 4.69) is 5.32 Å². The number of rotatable bonds is 5. The van der Waals surface area contributed by atoms with Gasteiger partial charge in [-0.25, -0.2) is 17.6 Å². The molecule has 0 saturated carbocycles. The van der Waals surface area contributed by atoms with Crippen LogP contribution in [0.5, 0.6) is 0 Å². The minimum atomic E-state index is -2.59. The minimum Gasteiger partial charge on any atom is -0.320 e. The second kappa shape index (κ2) is 6.19. The van der Waals surface area contributed by atoms with E-state index in [1.54, 1.807) is 0 Å². The Bertz CT molecular complexity index is 378. The van der Waals surface area contributed by atoms with Crippen LogP contribution in [0.25, 0.3) is 0 Å². The fraction of sp³-hybridized carbons (Fsp3) is 0.300. The van der Waals surface area contributed by atoms with Gasteiger partial charge in [-0.15, -0.1) is 0 Å². The van der Waals surface area contributed by atoms with Gasteiger partial charge in [0.2, 0.25) is 5.91 Å². The lowest BCUT2D eigenvalue weighted by Gasteiger charge is -2.08. The Morgan fingerprint density at radius 2 is 1.82 bits per heavy atom. The molecule has 0 atom stereocenters. The van der Waals surface area contributed by atoms with Gasteiger partial charge < -0.3 is 10.6 Å². The lowest BCUT2D eigenvalue weighted by molar-refractivity contribution is -0.115. The molecule has 1 rings (SSSR count). The third kappa shape index (κ3) is 4.39. The maximum atomic E-state index is 13.1. The van der Waals surface area contributed by atoms with Crippen LogP contribution in [-0.2, 0) is 4.79 Å². The van der Waals surface area contributed by atoms with Crippen molar-refractivity contribution in [2.24, 2.45) is 0 Å². The first-order valence-corrected chi connectivity index (χ1v) is 4.73. The van der Waals surface area contributed by atoms with Crippen LogP contribution in [0.1, 0.15) is 0 Å². The molecule has 2 N–H and O–H groups in total. The van der Waals surface area contributed by atoms with Gasteiger partial charge >= 0.3 is 0 Å². The van der Waals surface area contributed by atoms with Gasteiger partial charge in [-0.2, -0.15) is 0 Å². The van der Waals surface area contributed by atoms with Crippen molar-refractivity contribution in [2.45, 2.75) is 6.43 Å². The number of benzene rings is 1. The monoisotopic (exact) mass is 250 g/mol. The van der Waals surface area contributed by atoms with E-state index in [0.29, 0.717) is 0 Å². The highest BCUT2D eigenvalue weighted by molar-refractivity contribution is 5.92. The number of amides is 1. The number of hydrogen-bond donors (Lipinski definition) is 2. The van der Waals surface area contributed by atoms with Crippen LogP contribution in [0.4, 0.5) is 23.2 Å². The van der Waals surface area contributed by atoms with Gasteiger partial charge in [0.1, 0.15) is 17.3 Å². The molecule has 0 unspecified atom stereocenters. The number of hydrogen-bond acceptors (Lipinski definition) is 2. The highest BCUT2D eigenvalue weighted by Crippen LogP contribution is 2.17. The molecule has 0 bridgehead atoms. The summed E-state index contributed by atoms with van der Waals surface area (Å²) in [6, 6.07) is 3.10. The molecule has 0 saturated heterocycles. The Balaban J connectivity index is 2.51. The van der Waals surface area contributed by atoms with Crippen LogP contribution in [0, 0.1) is 11.6 Å². The predicted octanol–water partition coefficient (Wildman–Crippen LogP) is 1.76. The molecular formula is C10H10F4N2O. The van der Waals surface area contributed by atoms with E-state index in [1.165, 1.54) is 0 Å². The number of alkyl halides is 2. The first-order valence-electron chi connectivity index (χ1n) is 4.73. The smallest absolute Gasteiger partial charge is 0.250 e. The molecule has 0 fully saturated rings. The Hall–Kier alpha value is -1.63. The third-order valence-corrected chi connectivity index (χ3v) is 1.81. The fourth-order valence-corrected chi connectivity index (χ4v) is 1.10. The van der Waals surface area contributed by atoms with Crippen LogP contribution in [0.2, 0.25) is 0 Å². The number of anilines is 1. The Labute approximate surface area is 94.8 Å². The number of nitrogens with one attached hydrogen (secondary N) is 2. The van der Waals surface area contributed by atoms with E-state index in [0.717, 1.165) is 18.2 Å². The van der Waals surface area contributed by atoms with E-state index in [-0.39, 0.29) is 0 Å². The van der Waals surface area contributed by atoms with Crippen molar-refractivity contribution in [3.05, 3.63) is 29.8 Å². The molecule has 0 heterocycles. The zero-order valence-electron chi connectivity index (χ0n) is 8.64. The highest BCUT2D eigenvalue weighted by atomic mass is 19.3. The predicted molar refractivity (Wildman–Crippen MR) is 53.9 cm³/mol. The SMILES string of the molecule is O=C(CNCC(F)F)Nc1c(F)cccc1F. The molecule has 1 amide bonds. The highest BCUT2D eigenvalue weighted by Gasteiger charge is 2.11. The zero-order valence-corrected chi connectivity index (χ0v) is 8.64. The summed E-state index contributed by atoms with van der Waals surface area (Å²) in [4.78, 5) is 11.1. The molecule has 0 aliphatic carbocycles. The Morgan fingerprint density at radius 3 is 2.35 bits per heavy atom. The molecule has 1 aromatic carbocycles. The van der Waals surface area contributed by atoms with Crippen LogP contribution in [-0.4, -0.2) is 25.4 Å². The molecule has 17 heavy (non-hydrogen) atoms. The van der Waals surface area contributed by atoms with E-state index in [4.69, 9.17) is 0 Å². The third-order valence-electron chi connectivity index (χ3n) is 1.81. The van der Waals surface area contributed by atoms with Crippen LogP contribution in [0.15, 0.2) is 18.2 Å². The topological polar surface area (TPSA) is 41.1 Å². The Morgan fingerprint density at radius 1 is 1.24 bits per heavy atom. The second-order valence-electron chi connectivity index (χ2n) is 3.17. The summed E-state index contributed by atoms with van der Waals surface area (Å²) in [5.74, 6) is -2.64. The van der Waals surface area contributed by atoms with Gasteiger partial charge in [-0.1, -0.05) is 6.07 Å². The van der Waals surface area contributed by atoms with E-state index >= 15 is 0 Å². The van der Waals surface area contributed by atoms with Crippen molar-refractivity contribution in [2.75, 3.05) is 18.4 Å². The molecule has 3 nitrogen and oxygen atoms in total. The fourth-order valence-electron chi connectivity index (χ4n) is 1.10. The average Bonchev–Trinajstić information content (AvgIpc) is 2.23. The van der Waals surface area contributed by atoms with Crippen molar-refractivity contribution >= 4 is 11.6 Å². The van der Waals surface area contributed by atoms with Gasteiger partial charge in [-0.05, 0) is 12.1 Å². The number of carbonyl (C=O) groups excluding carboxylic acids is 1. The summed E-state index contributed by atoms with van der Waals surface area (Å²) >= 11 is 0. The van der Waals surface area contributed by atoms with E-state index in [1.807, 2.05) is 5.32 Å². The van der Waals surface area contributed by atoms with Crippen molar-refractivity contribution < 1.29 is 22.4 Å². The Kier molecular flexibility index (Phi) is 4.89. The maximum Gasteiger partial charge on any atom is 0.250 e. The molecular weight excluding hydrogens is 240 g/mol. The van der Waals surface area contributed by atoms with Crippen LogP contribution < -0.4 is 10.6 Å². The molecule has 1 aromatic rings. The second-order valence-corrected chi connectivity index (χ2v) is 3.17. The van der Waals surface area contributed by atoms with Crippen molar-refractivity contribution in [3.8, 4) is 0 Å². The van der Waals surface area contributed by atoms with Gasteiger partial charge in [0.25, 0.3) is 6.43 Å². The minimum absolute atomic E-state index is 0.446.